The normalized spacial score (nSPS) is 15.3. The summed E-state index contributed by atoms with van der Waals surface area (Å²) in [5.74, 6) is 1.81. The van der Waals surface area contributed by atoms with Gasteiger partial charge in [-0.05, 0) is 12.1 Å². The molecule has 0 aliphatic carbocycles. The standard InChI is InChI=1S/C12H14N4O/c13-10-4-2-1-3-9(10)12-15-14-11-5-7-17-8-6-16(11)12/h1-4H,5-8,13H2. The molecule has 0 bridgehead atoms. The van der Waals surface area contributed by atoms with E-state index in [-0.39, 0.29) is 0 Å². The van der Waals surface area contributed by atoms with Gasteiger partial charge in [-0.15, -0.1) is 10.2 Å². The molecule has 88 valence electrons. The molecule has 5 heteroatoms. The molecule has 3 rings (SSSR count). The van der Waals surface area contributed by atoms with E-state index >= 15 is 0 Å². The molecule has 2 aromatic rings. The number of hydrogen-bond donors (Lipinski definition) is 1. The van der Waals surface area contributed by atoms with Crippen LogP contribution < -0.4 is 5.73 Å². The van der Waals surface area contributed by atoms with Crippen LogP contribution in [0.1, 0.15) is 5.82 Å². The Morgan fingerprint density at radius 3 is 2.94 bits per heavy atom. The van der Waals surface area contributed by atoms with Gasteiger partial charge in [-0.2, -0.15) is 0 Å². The molecule has 0 saturated carbocycles. The van der Waals surface area contributed by atoms with Crippen molar-refractivity contribution in [2.24, 2.45) is 0 Å². The van der Waals surface area contributed by atoms with Gasteiger partial charge in [0, 0.05) is 24.2 Å². The summed E-state index contributed by atoms with van der Waals surface area (Å²) in [5, 5.41) is 8.46. The topological polar surface area (TPSA) is 66.0 Å². The number of anilines is 1. The molecule has 0 saturated heterocycles. The van der Waals surface area contributed by atoms with E-state index in [2.05, 4.69) is 14.8 Å². The molecule has 0 fully saturated rings. The minimum Gasteiger partial charge on any atom is -0.398 e. The van der Waals surface area contributed by atoms with Crippen molar-refractivity contribution in [3.05, 3.63) is 30.1 Å². The monoisotopic (exact) mass is 230 g/mol. The van der Waals surface area contributed by atoms with E-state index in [1.807, 2.05) is 24.3 Å². The van der Waals surface area contributed by atoms with E-state index in [4.69, 9.17) is 10.5 Å². The Bertz CT molecular complexity index is 535. The van der Waals surface area contributed by atoms with Gasteiger partial charge in [0.15, 0.2) is 5.82 Å². The van der Waals surface area contributed by atoms with Crippen molar-refractivity contribution in [3.8, 4) is 11.4 Å². The lowest BCUT2D eigenvalue weighted by atomic mass is 10.1. The van der Waals surface area contributed by atoms with Gasteiger partial charge in [-0.1, -0.05) is 12.1 Å². The van der Waals surface area contributed by atoms with Crippen LogP contribution in [0.4, 0.5) is 5.69 Å². The van der Waals surface area contributed by atoms with Crippen LogP contribution in [0.25, 0.3) is 11.4 Å². The van der Waals surface area contributed by atoms with E-state index in [0.29, 0.717) is 13.2 Å². The molecular formula is C12H14N4O. The number of hydrogen-bond acceptors (Lipinski definition) is 4. The predicted molar refractivity (Wildman–Crippen MR) is 64.4 cm³/mol. The maximum absolute atomic E-state index is 5.97. The van der Waals surface area contributed by atoms with Crippen LogP contribution in [-0.4, -0.2) is 28.0 Å². The summed E-state index contributed by atoms with van der Waals surface area (Å²) in [4.78, 5) is 0. The van der Waals surface area contributed by atoms with Gasteiger partial charge in [0.25, 0.3) is 0 Å². The van der Waals surface area contributed by atoms with Crippen LogP contribution in [0, 0.1) is 0 Å². The predicted octanol–water partition coefficient (Wildman–Crippen LogP) is 1.10. The van der Waals surface area contributed by atoms with Crippen molar-refractivity contribution < 1.29 is 4.74 Å². The lowest BCUT2D eigenvalue weighted by Gasteiger charge is -2.08. The first-order valence-corrected chi connectivity index (χ1v) is 5.71. The molecule has 1 aromatic heterocycles. The number of benzene rings is 1. The molecule has 2 N–H and O–H groups in total. The quantitative estimate of drug-likeness (QED) is 0.745. The molecule has 2 heterocycles. The van der Waals surface area contributed by atoms with Gasteiger partial charge >= 0.3 is 0 Å². The first-order chi connectivity index (χ1) is 8.36. The first-order valence-electron chi connectivity index (χ1n) is 5.71. The summed E-state index contributed by atoms with van der Waals surface area (Å²) in [7, 11) is 0. The Morgan fingerprint density at radius 2 is 2.06 bits per heavy atom. The van der Waals surface area contributed by atoms with E-state index < -0.39 is 0 Å². The Kier molecular flexibility index (Phi) is 2.53. The first kappa shape index (κ1) is 10.3. The van der Waals surface area contributed by atoms with Gasteiger partial charge in [0.05, 0.1) is 13.2 Å². The summed E-state index contributed by atoms with van der Waals surface area (Å²) < 4.78 is 7.53. The zero-order valence-electron chi connectivity index (χ0n) is 9.47. The molecule has 5 nitrogen and oxygen atoms in total. The number of nitrogens with two attached hydrogens (primary N) is 1. The molecule has 1 aliphatic heterocycles. The highest BCUT2D eigenvalue weighted by Crippen LogP contribution is 2.25. The SMILES string of the molecule is Nc1ccccc1-c1nnc2n1CCOCC2. The fraction of sp³-hybridized carbons (Fsp3) is 0.333. The summed E-state index contributed by atoms with van der Waals surface area (Å²) >= 11 is 0. The minimum atomic E-state index is 0.699. The fourth-order valence-corrected chi connectivity index (χ4v) is 2.08. The summed E-state index contributed by atoms with van der Waals surface area (Å²) in [6.07, 6.45) is 0.805. The average Bonchev–Trinajstić information content (AvgIpc) is 2.59. The molecule has 0 atom stereocenters. The highest BCUT2D eigenvalue weighted by molar-refractivity contribution is 5.71. The Labute approximate surface area is 99.2 Å². The van der Waals surface area contributed by atoms with Crippen molar-refractivity contribution >= 4 is 5.69 Å². The Morgan fingerprint density at radius 1 is 1.18 bits per heavy atom. The second-order valence-electron chi connectivity index (χ2n) is 4.04. The third kappa shape index (κ3) is 1.78. The van der Waals surface area contributed by atoms with Crippen LogP contribution in [0.2, 0.25) is 0 Å². The van der Waals surface area contributed by atoms with Gasteiger partial charge in [0.2, 0.25) is 0 Å². The molecule has 0 spiro atoms. The second kappa shape index (κ2) is 4.18. The second-order valence-corrected chi connectivity index (χ2v) is 4.04. The number of rotatable bonds is 1. The lowest BCUT2D eigenvalue weighted by molar-refractivity contribution is 0.140. The zero-order valence-corrected chi connectivity index (χ0v) is 9.47. The minimum absolute atomic E-state index is 0.699. The molecule has 1 aliphatic rings. The Balaban J connectivity index is 2.10. The third-order valence-corrected chi connectivity index (χ3v) is 2.96. The average molecular weight is 230 g/mol. The molecule has 0 unspecified atom stereocenters. The van der Waals surface area contributed by atoms with Gasteiger partial charge in [0.1, 0.15) is 5.82 Å². The van der Waals surface area contributed by atoms with Crippen LogP contribution in [0.15, 0.2) is 24.3 Å². The lowest BCUT2D eigenvalue weighted by Crippen LogP contribution is -2.06. The summed E-state index contributed by atoms with van der Waals surface area (Å²) in [5.41, 5.74) is 7.64. The smallest absolute Gasteiger partial charge is 0.166 e. The van der Waals surface area contributed by atoms with Crippen molar-refractivity contribution in [2.45, 2.75) is 13.0 Å². The highest BCUT2D eigenvalue weighted by Gasteiger charge is 2.17. The molecule has 0 amide bonds. The van der Waals surface area contributed by atoms with E-state index in [9.17, 15) is 0 Å². The summed E-state index contributed by atoms with van der Waals surface area (Å²) in [6, 6.07) is 7.73. The van der Waals surface area contributed by atoms with Crippen LogP contribution >= 0.6 is 0 Å². The third-order valence-electron chi connectivity index (χ3n) is 2.96. The van der Waals surface area contributed by atoms with Gasteiger partial charge in [-0.3, -0.25) is 0 Å². The van der Waals surface area contributed by atoms with Crippen molar-refractivity contribution in [3.63, 3.8) is 0 Å². The van der Waals surface area contributed by atoms with Crippen molar-refractivity contribution in [2.75, 3.05) is 18.9 Å². The van der Waals surface area contributed by atoms with Crippen LogP contribution in [0.3, 0.4) is 0 Å². The van der Waals surface area contributed by atoms with Gasteiger partial charge in [-0.25, -0.2) is 0 Å². The Hall–Kier alpha value is -1.88. The molecular weight excluding hydrogens is 216 g/mol. The number of ether oxygens (including phenoxy) is 1. The molecule has 0 radical (unpaired) electrons. The number of nitrogens with zero attached hydrogens (tertiary/aromatic N) is 3. The summed E-state index contributed by atoms with van der Waals surface area (Å²) in [6.45, 7) is 2.19. The van der Waals surface area contributed by atoms with Crippen molar-refractivity contribution in [1.29, 1.82) is 0 Å². The number of para-hydroxylation sites is 1. The van der Waals surface area contributed by atoms with Crippen LogP contribution in [0.5, 0.6) is 0 Å². The maximum Gasteiger partial charge on any atom is 0.166 e. The van der Waals surface area contributed by atoms with Crippen molar-refractivity contribution in [1.82, 2.24) is 14.8 Å². The molecule has 17 heavy (non-hydrogen) atoms. The highest BCUT2D eigenvalue weighted by atomic mass is 16.5. The number of nitrogen functional groups attached to an aromatic ring is 1. The van der Waals surface area contributed by atoms with E-state index in [1.165, 1.54) is 0 Å². The number of aromatic nitrogens is 3. The molecule has 1 aromatic carbocycles. The van der Waals surface area contributed by atoms with Gasteiger partial charge < -0.3 is 15.0 Å². The maximum atomic E-state index is 5.97. The zero-order chi connectivity index (χ0) is 11.7. The van der Waals surface area contributed by atoms with Crippen LogP contribution in [-0.2, 0) is 17.7 Å². The fourth-order valence-electron chi connectivity index (χ4n) is 2.08. The van der Waals surface area contributed by atoms with E-state index in [1.54, 1.807) is 0 Å². The van der Waals surface area contributed by atoms with E-state index in [0.717, 1.165) is 35.9 Å². The largest absolute Gasteiger partial charge is 0.398 e. The number of fused-ring (bicyclic) bond motifs is 1.